The third kappa shape index (κ3) is 7.88. The highest BCUT2D eigenvalue weighted by atomic mass is 35.5. The minimum atomic E-state index is 0. The molecule has 6 aromatic heterocycles. The van der Waals surface area contributed by atoms with Crippen LogP contribution in [0.15, 0.2) is 110 Å². The highest BCUT2D eigenvalue weighted by Crippen LogP contribution is 2.05. The van der Waals surface area contributed by atoms with Crippen LogP contribution in [-0.4, -0.2) is 15.0 Å². The number of hydrogen-bond donors (Lipinski definition) is 0. The molecule has 0 spiro atoms. The molecule has 0 amide bonds. The Bertz CT molecular complexity index is 1020. The summed E-state index contributed by atoms with van der Waals surface area (Å²) in [5.74, 6) is 0. The molecule has 0 aliphatic carbocycles. The lowest BCUT2D eigenvalue weighted by Gasteiger charge is -1.87. The third-order valence-electron chi connectivity index (χ3n) is 4.34. The number of fused-ring (bicyclic) bond motifs is 3. The first kappa shape index (κ1) is 27.6. The molecular weight excluding hydrogens is 479 g/mol. The second-order valence-corrected chi connectivity index (χ2v) is 6.37. The van der Waals surface area contributed by atoms with Crippen molar-refractivity contribution in [3.05, 3.63) is 110 Å². The molecule has 0 fully saturated rings. The molecule has 0 aliphatic heterocycles. The van der Waals surface area contributed by atoms with E-state index < -0.39 is 0 Å². The fourth-order valence-electron chi connectivity index (χ4n) is 2.87. The molecule has 6 rings (SSSR count). The fourth-order valence-corrected chi connectivity index (χ4v) is 2.87. The molecule has 0 saturated carbocycles. The van der Waals surface area contributed by atoms with Crippen molar-refractivity contribution in [1.82, 2.24) is 15.0 Å². The Kier molecular flexibility index (Phi) is 12.2. The van der Waals surface area contributed by atoms with Gasteiger partial charge in [-0.25, -0.2) is 15.0 Å². The summed E-state index contributed by atoms with van der Waals surface area (Å²) in [6.07, 6.45) is 16.8. The van der Waals surface area contributed by atoms with Gasteiger partial charge in [0.2, 0.25) is 0 Å². The highest BCUT2D eigenvalue weighted by molar-refractivity contribution is 5.76. The number of nitrogens with one attached hydrogen (secondary N) is 3. The highest BCUT2D eigenvalue weighted by Gasteiger charge is 1.93. The maximum atomic E-state index is 4.16. The molecule has 6 aromatic rings. The van der Waals surface area contributed by atoms with E-state index in [0.717, 1.165) is 32.7 Å². The number of nitrogens with zero attached hydrogens (tertiary/aromatic N) is 3. The van der Waals surface area contributed by atoms with Crippen molar-refractivity contribution in [2.24, 2.45) is 0 Å². The zero-order chi connectivity index (χ0) is 20.4. The van der Waals surface area contributed by atoms with Crippen LogP contribution in [0.4, 0.5) is 0 Å². The first-order valence-corrected chi connectivity index (χ1v) is 9.53. The predicted octanol–water partition coefficient (Wildman–Crippen LogP) is -5.84. The van der Waals surface area contributed by atoms with Crippen molar-refractivity contribution in [2.45, 2.75) is 0 Å². The first-order chi connectivity index (χ1) is 14.9. The van der Waals surface area contributed by atoms with Crippen LogP contribution < -0.4 is 52.2 Å². The Morgan fingerprint density at radius 1 is 0.424 bits per heavy atom. The monoisotopic (exact) mass is 498 g/mol. The van der Waals surface area contributed by atoms with E-state index in [-0.39, 0.29) is 37.2 Å². The predicted molar refractivity (Wildman–Crippen MR) is 115 cm³/mol. The summed E-state index contributed by atoms with van der Waals surface area (Å²) in [4.78, 5) is 21.5. The topological polar surface area (TPSA) is 81.1 Å². The Balaban J connectivity index is 0.000000237. The van der Waals surface area contributed by atoms with Crippen molar-refractivity contribution in [2.75, 3.05) is 0 Å². The molecule has 0 aliphatic rings. The quantitative estimate of drug-likeness (QED) is 0.209. The minimum absolute atomic E-state index is 0. The van der Waals surface area contributed by atoms with Crippen molar-refractivity contribution in [3.63, 3.8) is 0 Å². The number of aromatic amines is 3. The number of pyridine rings is 6. The Morgan fingerprint density at radius 3 is 1.00 bits per heavy atom. The molecule has 0 unspecified atom stereocenters. The van der Waals surface area contributed by atoms with Crippen molar-refractivity contribution in [1.29, 1.82) is 0 Å². The molecule has 0 saturated heterocycles. The summed E-state index contributed by atoms with van der Waals surface area (Å²) in [7, 11) is 0. The van der Waals surface area contributed by atoms with E-state index in [1.54, 1.807) is 18.6 Å². The Hall–Kier alpha value is -3.45. The van der Waals surface area contributed by atoms with Crippen LogP contribution in [0.5, 0.6) is 0 Å². The van der Waals surface area contributed by atoms with Gasteiger partial charge in [0, 0.05) is 36.8 Å². The van der Waals surface area contributed by atoms with Crippen molar-refractivity contribution < 1.29 is 52.2 Å². The number of rotatable bonds is 0. The van der Waals surface area contributed by atoms with Gasteiger partial charge in [-0.15, -0.1) is 0 Å². The molecule has 168 valence electrons. The average Bonchev–Trinajstić information content (AvgIpc) is 2.85. The molecule has 6 heterocycles. The normalized spacial score (nSPS) is 9.09. The lowest BCUT2D eigenvalue weighted by molar-refractivity contribution is -0.376. The van der Waals surface area contributed by atoms with Gasteiger partial charge in [-0.1, -0.05) is 0 Å². The molecule has 0 radical (unpaired) electrons. The lowest BCUT2D eigenvalue weighted by Crippen LogP contribution is -3.00. The van der Waals surface area contributed by atoms with Gasteiger partial charge in [0.1, 0.15) is 0 Å². The maximum Gasteiger partial charge on any atom is 0.176 e. The third-order valence-corrected chi connectivity index (χ3v) is 4.34. The molecule has 6 nitrogen and oxygen atoms in total. The Morgan fingerprint density at radius 2 is 0.727 bits per heavy atom. The molecule has 9 heteroatoms. The van der Waals surface area contributed by atoms with Gasteiger partial charge in [0.15, 0.2) is 37.2 Å². The maximum absolute atomic E-state index is 4.16. The Labute approximate surface area is 209 Å². The summed E-state index contributed by atoms with van der Waals surface area (Å²) in [6, 6.07) is 17.7. The van der Waals surface area contributed by atoms with E-state index in [9.17, 15) is 0 Å². The van der Waals surface area contributed by atoms with E-state index in [1.807, 2.05) is 91.8 Å². The number of aromatic nitrogens is 6. The largest absolute Gasteiger partial charge is 1.00 e. The lowest BCUT2D eigenvalue weighted by atomic mass is 10.3. The molecule has 0 aromatic carbocycles. The summed E-state index contributed by atoms with van der Waals surface area (Å²) in [6.45, 7) is 0. The van der Waals surface area contributed by atoms with E-state index in [0.29, 0.717) is 0 Å². The first-order valence-electron chi connectivity index (χ1n) is 9.53. The van der Waals surface area contributed by atoms with Gasteiger partial charge in [-0.3, -0.25) is 15.0 Å². The second-order valence-electron chi connectivity index (χ2n) is 6.37. The van der Waals surface area contributed by atoms with E-state index in [2.05, 4.69) is 29.9 Å². The summed E-state index contributed by atoms with van der Waals surface area (Å²) >= 11 is 0. The molecule has 0 atom stereocenters. The van der Waals surface area contributed by atoms with Crippen LogP contribution in [0.25, 0.3) is 32.7 Å². The summed E-state index contributed by atoms with van der Waals surface area (Å²) < 4.78 is 0. The van der Waals surface area contributed by atoms with Gasteiger partial charge < -0.3 is 37.2 Å². The van der Waals surface area contributed by atoms with E-state index in [1.165, 1.54) is 0 Å². The van der Waals surface area contributed by atoms with Gasteiger partial charge in [0.05, 0.1) is 32.7 Å². The average molecular weight is 500 g/mol. The van der Waals surface area contributed by atoms with Crippen LogP contribution in [0, 0.1) is 0 Å². The molecule has 0 bridgehead atoms. The fraction of sp³-hybridized carbons (Fsp3) is 0. The van der Waals surface area contributed by atoms with Crippen LogP contribution in [-0.2, 0) is 0 Å². The van der Waals surface area contributed by atoms with Gasteiger partial charge in [-0.05, 0) is 36.4 Å². The number of H-pyrrole nitrogens is 3. The van der Waals surface area contributed by atoms with Gasteiger partial charge in [-0.2, -0.15) is 0 Å². The standard InChI is InChI=1S/3C8H6N2.3ClH/c3*1-2-7-6-9-5-3-8(7)10-4-1;;;/h3*1-6H;3*1H. The van der Waals surface area contributed by atoms with E-state index in [4.69, 9.17) is 0 Å². The van der Waals surface area contributed by atoms with Crippen molar-refractivity contribution >= 4 is 32.7 Å². The molecule has 33 heavy (non-hydrogen) atoms. The SMILES string of the molecule is [Cl-].[Cl-].[Cl-].c1cnc2cc[nH+]cc2c1.c1cnc2cc[nH+]cc2c1.c1cnc2cc[nH+]cc2c1. The smallest absolute Gasteiger partial charge is 0.176 e. The summed E-state index contributed by atoms with van der Waals surface area (Å²) in [5.41, 5.74) is 3.09. The van der Waals surface area contributed by atoms with Gasteiger partial charge >= 0.3 is 0 Å². The molecular formula is C24H21Cl3N6. The molecule has 3 N–H and O–H groups in total. The van der Waals surface area contributed by atoms with Crippen LogP contribution in [0.3, 0.4) is 0 Å². The van der Waals surface area contributed by atoms with E-state index >= 15 is 0 Å². The minimum Gasteiger partial charge on any atom is -1.00 e. The van der Waals surface area contributed by atoms with Crippen LogP contribution in [0.2, 0.25) is 0 Å². The van der Waals surface area contributed by atoms with Crippen LogP contribution in [0.1, 0.15) is 0 Å². The second kappa shape index (κ2) is 14.6. The number of hydrogen-bond acceptors (Lipinski definition) is 3. The van der Waals surface area contributed by atoms with Crippen molar-refractivity contribution in [3.8, 4) is 0 Å². The van der Waals surface area contributed by atoms with Gasteiger partial charge in [0.25, 0.3) is 0 Å². The van der Waals surface area contributed by atoms with Crippen LogP contribution >= 0.6 is 0 Å². The zero-order valence-corrected chi connectivity index (χ0v) is 19.6. The number of halogens is 3. The zero-order valence-electron chi connectivity index (χ0n) is 17.4. The summed E-state index contributed by atoms with van der Waals surface area (Å²) in [5, 5.41) is 3.43.